The van der Waals surface area contributed by atoms with E-state index in [-0.39, 0.29) is 0 Å². The Balaban J connectivity index is 2.93. The first-order valence-corrected chi connectivity index (χ1v) is 4.25. The molecule has 0 aliphatic heterocycles. The zero-order valence-electron chi connectivity index (χ0n) is 4.28. The van der Waals surface area contributed by atoms with Gasteiger partial charge < -0.3 is 11.5 Å². The van der Waals surface area contributed by atoms with Crippen LogP contribution in [-0.4, -0.2) is 0 Å². The molecule has 0 spiro atoms. The van der Waals surface area contributed by atoms with E-state index in [2.05, 4.69) is 0 Å². The standard InChI is InChI=1S/C4H8N2S2/c5-1-3-7-8-4-2-6/h1-4H,5-6H2. The van der Waals surface area contributed by atoms with E-state index in [4.69, 9.17) is 11.5 Å². The molecule has 0 heterocycles. The molecule has 0 amide bonds. The van der Waals surface area contributed by atoms with Crippen LogP contribution >= 0.6 is 21.6 Å². The molecule has 0 radical (unpaired) electrons. The van der Waals surface area contributed by atoms with Crippen LogP contribution in [0.25, 0.3) is 0 Å². The van der Waals surface area contributed by atoms with Crippen molar-refractivity contribution in [2.75, 3.05) is 0 Å². The summed E-state index contributed by atoms with van der Waals surface area (Å²) in [7, 11) is 3.04. The Morgan fingerprint density at radius 3 is 1.50 bits per heavy atom. The molecule has 0 rings (SSSR count). The van der Waals surface area contributed by atoms with Crippen molar-refractivity contribution in [2.45, 2.75) is 0 Å². The highest BCUT2D eigenvalue weighted by Crippen LogP contribution is 2.21. The number of nitrogens with two attached hydrogens (primary N) is 2. The molecule has 0 atom stereocenters. The van der Waals surface area contributed by atoms with Crippen LogP contribution in [0.5, 0.6) is 0 Å². The summed E-state index contributed by atoms with van der Waals surface area (Å²) in [6.07, 6.45) is 2.98. The Morgan fingerprint density at radius 2 is 1.25 bits per heavy atom. The van der Waals surface area contributed by atoms with Crippen molar-refractivity contribution in [2.24, 2.45) is 11.5 Å². The Bertz CT molecular complexity index is 78.0. The lowest BCUT2D eigenvalue weighted by atomic mass is 11.1. The molecule has 0 fully saturated rings. The largest absolute Gasteiger partial charge is 0.404 e. The summed E-state index contributed by atoms with van der Waals surface area (Å²) in [5.41, 5.74) is 10.1. The maximum atomic E-state index is 5.04. The van der Waals surface area contributed by atoms with Gasteiger partial charge in [-0.05, 0) is 10.8 Å². The molecule has 0 saturated carbocycles. The Kier molecular flexibility index (Phi) is 6.59. The Morgan fingerprint density at radius 1 is 0.875 bits per heavy atom. The van der Waals surface area contributed by atoms with E-state index in [0.29, 0.717) is 0 Å². The van der Waals surface area contributed by atoms with Crippen molar-refractivity contribution >= 4 is 21.6 Å². The minimum atomic E-state index is 1.49. The molecular weight excluding hydrogens is 140 g/mol. The lowest BCUT2D eigenvalue weighted by Crippen LogP contribution is -1.72. The fraction of sp³-hybridized carbons (Fsp3) is 0. The molecule has 0 aromatic heterocycles. The highest BCUT2D eigenvalue weighted by molar-refractivity contribution is 8.78. The van der Waals surface area contributed by atoms with Crippen molar-refractivity contribution in [3.05, 3.63) is 23.2 Å². The number of rotatable bonds is 3. The van der Waals surface area contributed by atoms with Gasteiger partial charge in [-0.1, -0.05) is 21.6 Å². The van der Waals surface area contributed by atoms with Gasteiger partial charge in [-0.3, -0.25) is 0 Å². The van der Waals surface area contributed by atoms with Gasteiger partial charge in [0.25, 0.3) is 0 Å². The van der Waals surface area contributed by atoms with Crippen LogP contribution in [-0.2, 0) is 0 Å². The third kappa shape index (κ3) is 5.78. The molecular formula is C4H8N2S2. The monoisotopic (exact) mass is 148 g/mol. The fourth-order valence-corrected chi connectivity index (χ4v) is 1.15. The summed E-state index contributed by atoms with van der Waals surface area (Å²) in [6.45, 7) is 0. The van der Waals surface area contributed by atoms with Gasteiger partial charge >= 0.3 is 0 Å². The summed E-state index contributed by atoms with van der Waals surface area (Å²) in [4.78, 5) is 0. The van der Waals surface area contributed by atoms with Crippen LogP contribution < -0.4 is 11.5 Å². The molecule has 0 aromatic rings. The normalized spacial score (nSPS) is 11.5. The maximum absolute atomic E-state index is 5.04. The predicted octanol–water partition coefficient (Wildman–Crippen LogP) is 1.23. The molecule has 46 valence electrons. The highest BCUT2D eigenvalue weighted by Gasteiger charge is 1.71. The van der Waals surface area contributed by atoms with Crippen molar-refractivity contribution in [3.8, 4) is 0 Å². The third-order valence-corrected chi connectivity index (χ3v) is 1.97. The van der Waals surface area contributed by atoms with Gasteiger partial charge in [0.2, 0.25) is 0 Å². The molecule has 4 heteroatoms. The molecule has 0 bridgehead atoms. The highest BCUT2D eigenvalue weighted by atomic mass is 33.1. The van der Waals surface area contributed by atoms with Gasteiger partial charge in [0.05, 0.1) is 0 Å². The van der Waals surface area contributed by atoms with Crippen molar-refractivity contribution in [1.82, 2.24) is 0 Å². The van der Waals surface area contributed by atoms with E-state index in [1.165, 1.54) is 34.0 Å². The lowest BCUT2D eigenvalue weighted by Gasteiger charge is -1.80. The minimum Gasteiger partial charge on any atom is -0.404 e. The van der Waals surface area contributed by atoms with Gasteiger partial charge in [-0.15, -0.1) is 0 Å². The summed E-state index contributed by atoms with van der Waals surface area (Å²) in [6, 6.07) is 0. The van der Waals surface area contributed by atoms with Crippen molar-refractivity contribution in [3.63, 3.8) is 0 Å². The van der Waals surface area contributed by atoms with Gasteiger partial charge in [0.15, 0.2) is 0 Å². The van der Waals surface area contributed by atoms with E-state index in [0.717, 1.165) is 0 Å². The minimum absolute atomic E-state index is 1.49. The number of hydrogen-bond donors (Lipinski definition) is 2. The zero-order chi connectivity index (χ0) is 6.24. The summed E-state index contributed by atoms with van der Waals surface area (Å²) in [5.74, 6) is 0. The first-order valence-electron chi connectivity index (χ1n) is 1.97. The fourth-order valence-electron chi connectivity index (χ4n) is 0.128. The smallest absolute Gasteiger partial charge is 0.00106 e. The van der Waals surface area contributed by atoms with Crippen LogP contribution in [0.3, 0.4) is 0 Å². The molecule has 0 aromatic carbocycles. The van der Waals surface area contributed by atoms with Crippen LogP contribution in [0.4, 0.5) is 0 Å². The van der Waals surface area contributed by atoms with Crippen molar-refractivity contribution < 1.29 is 0 Å². The Labute approximate surface area is 56.8 Å². The molecule has 0 unspecified atom stereocenters. The van der Waals surface area contributed by atoms with E-state index in [1.54, 1.807) is 10.8 Å². The summed E-state index contributed by atoms with van der Waals surface area (Å²) >= 11 is 0. The van der Waals surface area contributed by atoms with Gasteiger partial charge in [-0.25, -0.2) is 0 Å². The maximum Gasteiger partial charge on any atom is 0.00106 e. The lowest BCUT2D eigenvalue weighted by molar-refractivity contribution is 1.63. The van der Waals surface area contributed by atoms with E-state index < -0.39 is 0 Å². The van der Waals surface area contributed by atoms with Gasteiger partial charge in [0.1, 0.15) is 0 Å². The molecule has 0 aliphatic rings. The van der Waals surface area contributed by atoms with Crippen LogP contribution in [0, 0.1) is 0 Å². The molecule has 4 N–H and O–H groups in total. The van der Waals surface area contributed by atoms with Crippen LogP contribution in [0.15, 0.2) is 23.2 Å². The second-order valence-corrected chi connectivity index (χ2v) is 2.93. The first-order chi connectivity index (χ1) is 3.91. The van der Waals surface area contributed by atoms with Crippen LogP contribution in [0.1, 0.15) is 0 Å². The third-order valence-electron chi connectivity index (χ3n) is 0.324. The average molecular weight is 148 g/mol. The molecule has 8 heavy (non-hydrogen) atoms. The van der Waals surface area contributed by atoms with Crippen molar-refractivity contribution in [1.29, 1.82) is 0 Å². The second-order valence-electron chi connectivity index (χ2n) is 0.850. The van der Waals surface area contributed by atoms with Gasteiger partial charge in [-0.2, -0.15) is 0 Å². The predicted molar refractivity (Wildman–Crippen MR) is 41.8 cm³/mol. The molecule has 2 nitrogen and oxygen atoms in total. The average Bonchev–Trinajstić information content (AvgIpc) is 1.81. The zero-order valence-corrected chi connectivity index (χ0v) is 5.91. The Hall–Kier alpha value is -0.220. The topological polar surface area (TPSA) is 52.0 Å². The molecule has 0 aliphatic carbocycles. The van der Waals surface area contributed by atoms with Crippen LogP contribution in [0.2, 0.25) is 0 Å². The second kappa shape index (κ2) is 6.78. The first kappa shape index (κ1) is 7.78. The SMILES string of the molecule is NC=CSSC=CN. The van der Waals surface area contributed by atoms with E-state index >= 15 is 0 Å². The van der Waals surface area contributed by atoms with Gasteiger partial charge in [0, 0.05) is 12.4 Å². The molecule has 0 saturated heterocycles. The quantitative estimate of drug-likeness (QED) is 0.467. The number of hydrogen-bond acceptors (Lipinski definition) is 4. The van der Waals surface area contributed by atoms with E-state index in [1.807, 2.05) is 0 Å². The summed E-state index contributed by atoms with van der Waals surface area (Å²) < 4.78 is 0. The summed E-state index contributed by atoms with van der Waals surface area (Å²) in [5, 5.41) is 3.56. The van der Waals surface area contributed by atoms with E-state index in [9.17, 15) is 0 Å².